The fourth-order valence-corrected chi connectivity index (χ4v) is 4.23. The number of rotatable bonds is 4. The molecule has 1 aliphatic heterocycles. The molecule has 1 atom stereocenters. The molecule has 1 unspecified atom stereocenters. The fraction of sp³-hybridized carbons (Fsp3) is 0.350. The summed E-state index contributed by atoms with van der Waals surface area (Å²) in [4.78, 5) is 41.6. The van der Waals surface area contributed by atoms with Gasteiger partial charge in [-0.25, -0.2) is 4.90 Å². The third-order valence-electron chi connectivity index (χ3n) is 5.23. The minimum absolute atomic E-state index is 0.00214. The van der Waals surface area contributed by atoms with Crippen LogP contribution < -0.4 is 4.90 Å². The number of carbonyl (C=O) groups is 3. The van der Waals surface area contributed by atoms with Crippen molar-refractivity contribution in [3.63, 3.8) is 0 Å². The van der Waals surface area contributed by atoms with Crippen LogP contribution in [-0.2, 0) is 9.59 Å². The zero-order valence-corrected chi connectivity index (χ0v) is 16.2. The van der Waals surface area contributed by atoms with Crippen molar-refractivity contribution in [2.24, 2.45) is 0 Å². The minimum atomic E-state index is -0.790. The molecule has 3 amide bonds. The van der Waals surface area contributed by atoms with Crippen molar-refractivity contribution in [1.82, 2.24) is 4.90 Å². The second-order valence-corrected chi connectivity index (χ2v) is 7.81. The lowest BCUT2D eigenvalue weighted by Crippen LogP contribution is -2.50. The highest BCUT2D eigenvalue weighted by molar-refractivity contribution is 9.10. The zero-order chi connectivity index (χ0) is 19.0. The fourth-order valence-electron chi connectivity index (χ4n) is 3.97. The number of hydrogen-bond donors (Lipinski definition) is 0. The van der Waals surface area contributed by atoms with E-state index in [2.05, 4.69) is 15.9 Å². The van der Waals surface area contributed by atoms with E-state index in [4.69, 9.17) is 4.42 Å². The standard InChI is InChI=1S/C20H19BrN2O4/c21-13-7-9-15(10-8-13)23-18(24)12-16(19(23)25)22(14-4-1-2-5-14)20(26)17-6-3-11-27-17/h3,6-11,14,16H,1-2,4-5,12H2. The first-order chi connectivity index (χ1) is 13.1. The highest BCUT2D eigenvalue weighted by atomic mass is 79.9. The molecule has 1 aromatic carbocycles. The van der Waals surface area contributed by atoms with Gasteiger partial charge in [-0.3, -0.25) is 14.4 Å². The van der Waals surface area contributed by atoms with Crippen LogP contribution in [0.3, 0.4) is 0 Å². The van der Waals surface area contributed by atoms with Gasteiger partial charge in [-0.15, -0.1) is 0 Å². The largest absolute Gasteiger partial charge is 0.459 e. The first kappa shape index (κ1) is 18.0. The summed E-state index contributed by atoms with van der Waals surface area (Å²) < 4.78 is 6.14. The Balaban J connectivity index is 1.66. The number of benzene rings is 1. The normalized spacial score (nSPS) is 20.5. The molecule has 1 saturated carbocycles. The summed E-state index contributed by atoms with van der Waals surface area (Å²) in [5.41, 5.74) is 0.521. The van der Waals surface area contributed by atoms with E-state index in [-0.39, 0.29) is 35.9 Å². The van der Waals surface area contributed by atoms with Gasteiger partial charge >= 0.3 is 0 Å². The number of anilines is 1. The zero-order valence-electron chi connectivity index (χ0n) is 14.6. The Morgan fingerprint density at radius 2 is 1.81 bits per heavy atom. The molecule has 2 aliphatic rings. The molecule has 4 rings (SSSR count). The molecule has 2 fully saturated rings. The molecule has 2 heterocycles. The maximum atomic E-state index is 13.1. The number of nitrogens with zero attached hydrogens (tertiary/aromatic N) is 2. The molecule has 27 heavy (non-hydrogen) atoms. The van der Waals surface area contributed by atoms with Gasteiger partial charge in [-0.05, 0) is 49.2 Å². The van der Waals surface area contributed by atoms with Crippen molar-refractivity contribution < 1.29 is 18.8 Å². The van der Waals surface area contributed by atoms with Crippen LogP contribution in [0, 0.1) is 0 Å². The molecular weight excluding hydrogens is 412 g/mol. The van der Waals surface area contributed by atoms with E-state index in [0.29, 0.717) is 5.69 Å². The number of carbonyl (C=O) groups excluding carboxylic acids is 3. The van der Waals surface area contributed by atoms with Gasteiger partial charge in [0.2, 0.25) is 5.91 Å². The first-order valence-electron chi connectivity index (χ1n) is 9.05. The van der Waals surface area contributed by atoms with Crippen LogP contribution in [0.5, 0.6) is 0 Å². The van der Waals surface area contributed by atoms with Crippen molar-refractivity contribution in [3.8, 4) is 0 Å². The van der Waals surface area contributed by atoms with Crippen molar-refractivity contribution in [3.05, 3.63) is 52.9 Å². The van der Waals surface area contributed by atoms with Crippen LogP contribution in [0.4, 0.5) is 5.69 Å². The third-order valence-corrected chi connectivity index (χ3v) is 5.76. The number of imide groups is 1. The van der Waals surface area contributed by atoms with Gasteiger partial charge in [0.1, 0.15) is 6.04 Å². The van der Waals surface area contributed by atoms with Crippen LogP contribution in [-0.4, -0.2) is 34.7 Å². The van der Waals surface area contributed by atoms with E-state index >= 15 is 0 Å². The van der Waals surface area contributed by atoms with E-state index in [1.807, 2.05) is 0 Å². The Hall–Kier alpha value is -2.41. The molecule has 0 bridgehead atoms. The van der Waals surface area contributed by atoms with Crippen molar-refractivity contribution in [2.45, 2.75) is 44.2 Å². The molecule has 1 aliphatic carbocycles. The maximum absolute atomic E-state index is 13.1. The van der Waals surface area contributed by atoms with Gasteiger partial charge in [0, 0.05) is 10.5 Å². The first-order valence-corrected chi connectivity index (χ1v) is 9.84. The molecule has 6 nitrogen and oxygen atoms in total. The summed E-state index contributed by atoms with van der Waals surface area (Å²) in [7, 11) is 0. The lowest BCUT2D eigenvalue weighted by molar-refractivity contribution is -0.123. The number of furan rings is 1. The monoisotopic (exact) mass is 430 g/mol. The van der Waals surface area contributed by atoms with Crippen molar-refractivity contribution in [2.75, 3.05) is 4.90 Å². The lowest BCUT2D eigenvalue weighted by Gasteiger charge is -2.32. The minimum Gasteiger partial charge on any atom is -0.459 e. The lowest BCUT2D eigenvalue weighted by atomic mass is 10.1. The second kappa shape index (κ2) is 7.31. The van der Waals surface area contributed by atoms with Crippen LogP contribution in [0.25, 0.3) is 0 Å². The Morgan fingerprint density at radius 1 is 1.11 bits per heavy atom. The van der Waals surface area contributed by atoms with Crippen LogP contribution >= 0.6 is 15.9 Å². The Labute approximate surface area is 165 Å². The van der Waals surface area contributed by atoms with Gasteiger partial charge in [-0.1, -0.05) is 28.8 Å². The number of hydrogen-bond acceptors (Lipinski definition) is 4. The summed E-state index contributed by atoms with van der Waals surface area (Å²) in [5, 5.41) is 0. The average Bonchev–Trinajstić information content (AvgIpc) is 3.40. The van der Waals surface area contributed by atoms with Crippen molar-refractivity contribution >= 4 is 39.3 Å². The molecule has 0 N–H and O–H groups in total. The van der Waals surface area contributed by atoms with Gasteiger partial charge < -0.3 is 9.32 Å². The molecule has 1 aromatic heterocycles. The SMILES string of the molecule is O=C1CC(N(C(=O)c2ccco2)C2CCCC2)C(=O)N1c1ccc(Br)cc1. The predicted octanol–water partition coefficient (Wildman–Crippen LogP) is 3.76. The average molecular weight is 431 g/mol. The Morgan fingerprint density at radius 3 is 2.44 bits per heavy atom. The van der Waals surface area contributed by atoms with E-state index in [0.717, 1.165) is 30.2 Å². The van der Waals surface area contributed by atoms with Crippen LogP contribution in [0.15, 0.2) is 51.6 Å². The third kappa shape index (κ3) is 3.32. The van der Waals surface area contributed by atoms with Gasteiger partial charge in [0.25, 0.3) is 11.8 Å². The molecule has 1 saturated heterocycles. The molecule has 7 heteroatoms. The van der Waals surface area contributed by atoms with E-state index in [1.54, 1.807) is 41.3 Å². The number of halogens is 1. The summed E-state index contributed by atoms with van der Waals surface area (Å²) in [6, 6.07) is 9.41. The van der Waals surface area contributed by atoms with Crippen molar-refractivity contribution in [1.29, 1.82) is 0 Å². The summed E-state index contributed by atoms with van der Waals surface area (Å²) in [5.74, 6) is -0.767. The highest BCUT2D eigenvalue weighted by Gasteiger charge is 2.47. The van der Waals surface area contributed by atoms with E-state index in [9.17, 15) is 14.4 Å². The van der Waals surface area contributed by atoms with E-state index < -0.39 is 6.04 Å². The molecule has 0 radical (unpaired) electrons. The van der Waals surface area contributed by atoms with Gasteiger partial charge in [-0.2, -0.15) is 0 Å². The number of amides is 3. The summed E-state index contributed by atoms with van der Waals surface area (Å²) in [6.07, 6.45) is 5.13. The maximum Gasteiger partial charge on any atom is 0.290 e. The topological polar surface area (TPSA) is 70.8 Å². The highest BCUT2D eigenvalue weighted by Crippen LogP contribution is 2.33. The molecule has 2 aromatic rings. The molecule has 0 spiro atoms. The summed E-state index contributed by atoms with van der Waals surface area (Å²) >= 11 is 3.35. The Kier molecular flexibility index (Phi) is 4.86. The quantitative estimate of drug-likeness (QED) is 0.692. The van der Waals surface area contributed by atoms with Gasteiger partial charge in [0.05, 0.1) is 18.4 Å². The Bertz CT molecular complexity index is 857. The van der Waals surface area contributed by atoms with Crippen LogP contribution in [0.1, 0.15) is 42.7 Å². The summed E-state index contributed by atoms with van der Waals surface area (Å²) in [6.45, 7) is 0. The predicted molar refractivity (Wildman–Crippen MR) is 102 cm³/mol. The second-order valence-electron chi connectivity index (χ2n) is 6.89. The molecular formula is C20H19BrN2O4. The molecule has 140 valence electrons. The smallest absolute Gasteiger partial charge is 0.290 e. The van der Waals surface area contributed by atoms with E-state index in [1.165, 1.54) is 11.2 Å². The van der Waals surface area contributed by atoms with Crippen LogP contribution in [0.2, 0.25) is 0 Å². The van der Waals surface area contributed by atoms with Gasteiger partial charge in [0.15, 0.2) is 5.76 Å².